The standard InChI is InChI=1S/C15H18N4O/c1-10-8-18-6-5-12(10)9-19-14-4-3-11(7-13(14)16)15(20)17-2/h3-8,19H,9,16H2,1-2H3,(H,17,20). The van der Waals surface area contributed by atoms with Gasteiger partial charge < -0.3 is 16.4 Å². The van der Waals surface area contributed by atoms with E-state index in [1.807, 2.05) is 25.3 Å². The van der Waals surface area contributed by atoms with Crippen molar-refractivity contribution < 1.29 is 4.79 Å². The van der Waals surface area contributed by atoms with Crippen LogP contribution < -0.4 is 16.4 Å². The van der Waals surface area contributed by atoms with Crippen molar-refractivity contribution in [3.05, 3.63) is 53.3 Å². The summed E-state index contributed by atoms with van der Waals surface area (Å²) in [6.45, 7) is 2.68. The second kappa shape index (κ2) is 6.06. The van der Waals surface area contributed by atoms with Gasteiger partial charge in [-0.25, -0.2) is 0 Å². The second-order valence-electron chi connectivity index (χ2n) is 4.54. The first-order valence-electron chi connectivity index (χ1n) is 6.37. The Morgan fingerprint density at radius 3 is 2.80 bits per heavy atom. The van der Waals surface area contributed by atoms with Crippen LogP contribution in [-0.2, 0) is 6.54 Å². The van der Waals surface area contributed by atoms with Gasteiger partial charge in [-0.05, 0) is 42.3 Å². The monoisotopic (exact) mass is 270 g/mol. The minimum Gasteiger partial charge on any atom is -0.397 e. The number of hydrogen-bond donors (Lipinski definition) is 3. The molecule has 0 aliphatic rings. The number of benzene rings is 1. The Morgan fingerprint density at radius 1 is 1.35 bits per heavy atom. The molecule has 5 heteroatoms. The summed E-state index contributed by atoms with van der Waals surface area (Å²) in [5.74, 6) is -0.145. The molecule has 0 saturated heterocycles. The topological polar surface area (TPSA) is 80.0 Å². The fourth-order valence-corrected chi connectivity index (χ4v) is 1.90. The summed E-state index contributed by atoms with van der Waals surface area (Å²) < 4.78 is 0. The lowest BCUT2D eigenvalue weighted by molar-refractivity contribution is 0.0963. The van der Waals surface area contributed by atoms with Crippen LogP contribution in [0.4, 0.5) is 11.4 Å². The van der Waals surface area contributed by atoms with E-state index in [1.54, 1.807) is 25.4 Å². The van der Waals surface area contributed by atoms with Crippen LogP contribution in [0, 0.1) is 6.92 Å². The molecule has 0 unspecified atom stereocenters. The van der Waals surface area contributed by atoms with Crippen molar-refractivity contribution in [2.24, 2.45) is 0 Å². The molecule has 2 rings (SSSR count). The molecule has 0 bridgehead atoms. The third-order valence-electron chi connectivity index (χ3n) is 3.15. The third-order valence-corrected chi connectivity index (χ3v) is 3.15. The molecule has 0 spiro atoms. The van der Waals surface area contributed by atoms with Crippen molar-refractivity contribution in [2.75, 3.05) is 18.1 Å². The average molecular weight is 270 g/mol. The van der Waals surface area contributed by atoms with Gasteiger partial charge in [-0.3, -0.25) is 9.78 Å². The molecule has 104 valence electrons. The second-order valence-corrected chi connectivity index (χ2v) is 4.54. The number of amides is 1. The summed E-state index contributed by atoms with van der Waals surface area (Å²) in [6, 6.07) is 7.20. The van der Waals surface area contributed by atoms with E-state index in [-0.39, 0.29) is 5.91 Å². The highest BCUT2D eigenvalue weighted by molar-refractivity contribution is 5.95. The highest BCUT2D eigenvalue weighted by Crippen LogP contribution is 2.21. The first kappa shape index (κ1) is 13.9. The fraction of sp³-hybridized carbons (Fsp3) is 0.200. The van der Waals surface area contributed by atoms with E-state index in [0.717, 1.165) is 16.8 Å². The van der Waals surface area contributed by atoms with Crippen molar-refractivity contribution in [3.63, 3.8) is 0 Å². The normalized spacial score (nSPS) is 10.1. The molecule has 0 aliphatic heterocycles. The number of pyridine rings is 1. The maximum Gasteiger partial charge on any atom is 0.251 e. The fourth-order valence-electron chi connectivity index (χ4n) is 1.90. The number of nitrogens with two attached hydrogens (primary N) is 1. The number of hydrogen-bond acceptors (Lipinski definition) is 4. The number of carbonyl (C=O) groups excluding carboxylic acids is 1. The van der Waals surface area contributed by atoms with Crippen LogP contribution in [0.3, 0.4) is 0 Å². The van der Waals surface area contributed by atoms with Crippen LogP contribution in [0.1, 0.15) is 21.5 Å². The van der Waals surface area contributed by atoms with Gasteiger partial charge in [0.15, 0.2) is 0 Å². The lowest BCUT2D eigenvalue weighted by atomic mass is 10.1. The summed E-state index contributed by atoms with van der Waals surface area (Å²) in [6.07, 6.45) is 3.59. The molecule has 4 N–H and O–H groups in total. The number of anilines is 2. The van der Waals surface area contributed by atoms with Crippen molar-refractivity contribution in [1.29, 1.82) is 0 Å². The Balaban J connectivity index is 2.11. The highest BCUT2D eigenvalue weighted by atomic mass is 16.1. The zero-order chi connectivity index (χ0) is 14.5. The van der Waals surface area contributed by atoms with Gasteiger partial charge in [-0.15, -0.1) is 0 Å². The lowest BCUT2D eigenvalue weighted by Crippen LogP contribution is -2.18. The van der Waals surface area contributed by atoms with Crippen LogP contribution in [0.2, 0.25) is 0 Å². The maximum absolute atomic E-state index is 11.5. The molecule has 5 nitrogen and oxygen atoms in total. The minimum absolute atomic E-state index is 0.145. The van der Waals surface area contributed by atoms with Gasteiger partial charge >= 0.3 is 0 Å². The van der Waals surface area contributed by atoms with Crippen LogP contribution >= 0.6 is 0 Å². The van der Waals surface area contributed by atoms with E-state index >= 15 is 0 Å². The molecule has 1 heterocycles. The highest BCUT2D eigenvalue weighted by Gasteiger charge is 2.06. The number of nitrogen functional groups attached to an aromatic ring is 1. The quantitative estimate of drug-likeness (QED) is 0.742. The van der Waals surface area contributed by atoms with Gasteiger partial charge in [-0.1, -0.05) is 0 Å². The Kier molecular flexibility index (Phi) is 4.20. The van der Waals surface area contributed by atoms with E-state index < -0.39 is 0 Å². The first-order chi connectivity index (χ1) is 9.61. The van der Waals surface area contributed by atoms with Crippen molar-refractivity contribution in [3.8, 4) is 0 Å². The molecule has 1 amide bonds. The molecule has 0 saturated carbocycles. The number of rotatable bonds is 4. The summed E-state index contributed by atoms with van der Waals surface area (Å²) in [7, 11) is 1.59. The van der Waals surface area contributed by atoms with Gasteiger partial charge in [0.25, 0.3) is 5.91 Å². The van der Waals surface area contributed by atoms with Crippen molar-refractivity contribution in [1.82, 2.24) is 10.3 Å². The summed E-state index contributed by atoms with van der Waals surface area (Å²) in [4.78, 5) is 15.6. The summed E-state index contributed by atoms with van der Waals surface area (Å²) in [5, 5.41) is 5.84. The zero-order valence-electron chi connectivity index (χ0n) is 11.6. The number of aromatic nitrogens is 1. The molecule has 0 aliphatic carbocycles. The van der Waals surface area contributed by atoms with Crippen LogP contribution in [0.25, 0.3) is 0 Å². The van der Waals surface area contributed by atoms with E-state index in [2.05, 4.69) is 15.6 Å². The maximum atomic E-state index is 11.5. The van der Waals surface area contributed by atoms with Gasteiger partial charge in [0.2, 0.25) is 0 Å². The third kappa shape index (κ3) is 3.06. The number of nitrogens with zero attached hydrogens (tertiary/aromatic N) is 1. The van der Waals surface area contributed by atoms with Gasteiger partial charge in [0.05, 0.1) is 11.4 Å². The molecular formula is C15H18N4O. The van der Waals surface area contributed by atoms with Gasteiger partial charge in [-0.2, -0.15) is 0 Å². The van der Waals surface area contributed by atoms with Crippen LogP contribution in [0.15, 0.2) is 36.7 Å². The van der Waals surface area contributed by atoms with Crippen LogP contribution in [-0.4, -0.2) is 17.9 Å². The SMILES string of the molecule is CNC(=O)c1ccc(NCc2ccncc2C)c(N)c1. The van der Waals surface area contributed by atoms with E-state index in [1.165, 1.54) is 0 Å². The molecule has 2 aromatic rings. The molecule has 0 fully saturated rings. The molecule has 0 radical (unpaired) electrons. The van der Waals surface area contributed by atoms with E-state index in [0.29, 0.717) is 17.8 Å². The smallest absolute Gasteiger partial charge is 0.251 e. The van der Waals surface area contributed by atoms with E-state index in [4.69, 9.17) is 5.73 Å². The van der Waals surface area contributed by atoms with Crippen molar-refractivity contribution in [2.45, 2.75) is 13.5 Å². The molecule has 0 atom stereocenters. The lowest BCUT2D eigenvalue weighted by Gasteiger charge is -2.12. The first-order valence-corrected chi connectivity index (χ1v) is 6.37. The molecular weight excluding hydrogens is 252 g/mol. The molecule has 1 aromatic heterocycles. The van der Waals surface area contributed by atoms with Crippen LogP contribution in [0.5, 0.6) is 0 Å². The minimum atomic E-state index is -0.145. The summed E-state index contributed by atoms with van der Waals surface area (Å²) in [5.41, 5.74) is 10.2. The summed E-state index contributed by atoms with van der Waals surface area (Å²) >= 11 is 0. The molecule has 1 aromatic carbocycles. The Morgan fingerprint density at radius 2 is 2.15 bits per heavy atom. The zero-order valence-corrected chi connectivity index (χ0v) is 11.6. The predicted octanol–water partition coefficient (Wildman–Crippen LogP) is 1.94. The number of aryl methyl sites for hydroxylation is 1. The Hall–Kier alpha value is -2.56. The predicted molar refractivity (Wildman–Crippen MR) is 80.5 cm³/mol. The average Bonchev–Trinajstić information content (AvgIpc) is 2.46. The van der Waals surface area contributed by atoms with Gasteiger partial charge in [0.1, 0.15) is 0 Å². The molecule has 20 heavy (non-hydrogen) atoms. The van der Waals surface area contributed by atoms with Gasteiger partial charge in [0, 0.05) is 31.5 Å². The number of carbonyl (C=O) groups is 1. The largest absolute Gasteiger partial charge is 0.397 e. The Labute approximate surface area is 118 Å². The Bertz CT molecular complexity index is 625. The van der Waals surface area contributed by atoms with E-state index in [9.17, 15) is 4.79 Å². The van der Waals surface area contributed by atoms with Crippen molar-refractivity contribution >= 4 is 17.3 Å². The number of nitrogens with one attached hydrogen (secondary N) is 2.